The molecule has 0 saturated heterocycles. The van der Waals surface area contributed by atoms with Gasteiger partial charge in [0.1, 0.15) is 6.20 Å². The van der Waals surface area contributed by atoms with Crippen LogP contribution in [0.5, 0.6) is 0 Å². The van der Waals surface area contributed by atoms with E-state index in [0.29, 0.717) is 11.2 Å². The molecule has 17 heavy (non-hydrogen) atoms. The van der Waals surface area contributed by atoms with Crippen molar-refractivity contribution in [3.63, 3.8) is 0 Å². The van der Waals surface area contributed by atoms with Crippen LogP contribution in [0, 0.1) is 16.0 Å². The van der Waals surface area contributed by atoms with Crippen molar-refractivity contribution in [1.29, 1.82) is 0 Å². The first-order valence-electron chi connectivity index (χ1n) is 6.05. The van der Waals surface area contributed by atoms with E-state index in [1.54, 1.807) is 0 Å². The number of anilines is 1. The van der Waals surface area contributed by atoms with Crippen LogP contribution in [0.4, 0.5) is 10.1 Å². The molecular formula is C11H17N3O2S. The molecule has 0 spiro atoms. The summed E-state index contributed by atoms with van der Waals surface area (Å²) in [7, 11) is 0. The Morgan fingerprint density at radius 1 is 1.65 bits per heavy atom. The van der Waals surface area contributed by atoms with Gasteiger partial charge in [-0.25, -0.2) is 4.98 Å². The van der Waals surface area contributed by atoms with Gasteiger partial charge in [0.2, 0.25) is 0 Å². The maximum atomic E-state index is 10.6. The van der Waals surface area contributed by atoms with E-state index in [-0.39, 0.29) is 5.00 Å². The highest BCUT2D eigenvalue weighted by Crippen LogP contribution is 2.31. The van der Waals surface area contributed by atoms with Crippen molar-refractivity contribution in [3.8, 4) is 0 Å². The highest BCUT2D eigenvalue weighted by Gasteiger charge is 2.22. The van der Waals surface area contributed by atoms with E-state index in [0.717, 1.165) is 30.1 Å². The van der Waals surface area contributed by atoms with Gasteiger partial charge in [-0.15, -0.1) is 0 Å². The summed E-state index contributed by atoms with van der Waals surface area (Å²) in [6.07, 6.45) is 7.40. The molecule has 2 rings (SSSR count). The minimum atomic E-state index is -0.390. The minimum Gasteiger partial charge on any atom is -0.359 e. The fraction of sp³-hybridized carbons (Fsp3) is 0.727. The number of nitrogens with zero attached hydrogens (tertiary/aromatic N) is 2. The molecule has 2 unspecified atom stereocenters. The molecule has 0 aromatic carbocycles. The van der Waals surface area contributed by atoms with E-state index < -0.39 is 4.92 Å². The second kappa shape index (κ2) is 5.44. The van der Waals surface area contributed by atoms with Crippen molar-refractivity contribution in [1.82, 2.24) is 4.98 Å². The van der Waals surface area contributed by atoms with E-state index >= 15 is 0 Å². The first kappa shape index (κ1) is 12.3. The average molecular weight is 255 g/mol. The normalized spacial score (nSPS) is 24.5. The maximum Gasteiger partial charge on any atom is 0.345 e. The van der Waals surface area contributed by atoms with E-state index in [4.69, 9.17) is 0 Å². The van der Waals surface area contributed by atoms with Gasteiger partial charge in [-0.05, 0) is 30.1 Å². The monoisotopic (exact) mass is 255 g/mol. The zero-order chi connectivity index (χ0) is 12.3. The molecule has 94 valence electrons. The Labute approximate surface area is 104 Å². The summed E-state index contributed by atoms with van der Waals surface area (Å²) in [6.45, 7) is 2.22. The number of nitrogens with one attached hydrogen (secondary N) is 1. The van der Waals surface area contributed by atoms with Crippen molar-refractivity contribution >= 4 is 21.5 Å². The third-order valence-corrected chi connectivity index (χ3v) is 4.24. The van der Waals surface area contributed by atoms with Crippen molar-refractivity contribution in [3.05, 3.63) is 16.3 Å². The highest BCUT2D eigenvalue weighted by molar-refractivity contribution is 7.18. The summed E-state index contributed by atoms with van der Waals surface area (Å²) in [5, 5.41) is 14.7. The molecule has 1 aromatic rings. The maximum absolute atomic E-state index is 10.6. The molecule has 1 saturated carbocycles. The first-order valence-corrected chi connectivity index (χ1v) is 6.87. The van der Waals surface area contributed by atoms with Crippen LogP contribution in [0.2, 0.25) is 0 Å². The summed E-state index contributed by atoms with van der Waals surface area (Å²) in [5.41, 5.74) is 0. The van der Waals surface area contributed by atoms with Crippen molar-refractivity contribution in [2.24, 2.45) is 5.92 Å². The molecule has 0 radical (unpaired) electrons. The Morgan fingerprint density at radius 3 is 3.12 bits per heavy atom. The molecule has 1 aliphatic carbocycles. The zero-order valence-corrected chi connectivity index (χ0v) is 10.7. The Balaban J connectivity index is 1.93. The second-order valence-corrected chi connectivity index (χ2v) is 5.55. The topological polar surface area (TPSA) is 68.1 Å². The zero-order valence-electron chi connectivity index (χ0n) is 9.89. The van der Waals surface area contributed by atoms with Crippen LogP contribution in [0.3, 0.4) is 0 Å². The SMILES string of the molecule is CCC1CCCC(Nc2ncc([N+](=O)[O-])s2)C1. The summed E-state index contributed by atoms with van der Waals surface area (Å²) >= 11 is 1.12. The van der Waals surface area contributed by atoms with Gasteiger partial charge < -0.3 is 5.32 Å². The molecule has 5 nitrogen and oxygen atoms in total. The number of aromatic nitrogens is 1. The predicted molar refractivity (Wildman–Crippen MR) is 68.4 cm³/mol. The Morgan fingerprint density at radius 2 is 2.47 bits per heavy atom. The molecule has 0 amide bonds. The average Bonchev–Trinajstić information content (AvgIpc) is 2.78. The Kier molecular flexibility index (Phi) is 3.93. The molecular weight excluding hydrogens is 238 g/mol. The third kappa shape index (κ3) is 3.15. The lowest BCUT2D eigenvalue weighted by molar-refractivity contribution is -0.380. The summed E-state index contributed by atoms with van der Waals surface area (Å²) in [5.74, 6) is 0.788. The number of hydrogen-bond acceptors (Lipinski definition) is 5. The fourth-order valence-electron chi connectivity index (χ4n) is 2.38. The molecule has 1 aliphatic rings. The standard InChI is InChI=1S/C11H17N3O2S/c1-2-8-4-3-5-9(6-8)13-11-12-7-10(17-11)14(15)16/h7-9H,2-6H2,1H3,(H,12,13). The van der Waals surface area contributed by atoms with Gasteiger partial charge in [-0.2, -0.15) is 0 Å². The molecule has 0 aliphatic heterocycles. The molecule has 1 N–H and O–H groups in total. The second-order valence-electron chi connectivity index (χ2n) is 4.54. The van der Waals surface area contributed by atoms with Gasteiger partial charge in [0.25, 0.3) is 0 Å². The van der Waals surface area contributed by atoms with E-state index in [9.17, 15) is 10.1 Å². The number of rotatable bonds is 4. The molecule has 1 fully saturated rings. The van der Waals surface area contributed by atoms with E-state index in [1.165, 1.54) is 25.5 Å². The van der Waals surface area contributed by atoms with Crippen LogP contribution in [-0.4, -0.2) is 15.9 Å². The molecule has 1 heterocycles. The summed E-state index contributed by atoms with van der Waals surface area (Å²) in [4.78, 5) is 14.2. The summed E-state index contributed by atoms with van der Waals surface area (Å²) < 4.78 is 0. The summed E-state index contributed by atoms with van der Waals surface area (Å²) in [6, 6.07) is 0.430. The van der Waals surface area contributed by atoms with Crippen molar-refractivity contribution in [2.45, 2.75) is 45.1 Å². The van der Waals surface area contributed by atoms with Gasteiger partial charge in [0.05, 0.1) is 4.92 Å². The third-order valence-electron chi connectivity index (χ3n) is 3.36. The molecule has 0 bridgehead atoms. The van der Waals surface area contributed by atoms with E-state index in [1.807, 2.05) is 0 Å². The van der Waals surface area contributed by atoms with Crippen molar-refractivity contribution in [2.75, 3.05) is 5.32 Å². The van der Waals surface area contributed by atoms with Crippen LogP contribution in [-0.2, 0) is 0 Å². The lowest BCUT2D eigenvalue weighted by Crippen LogP contribution is -2.26. The van der Waals surface area contributed by atoms with Gasteiger partial charge in [-0.3, -0.25) is 10.1 Å². The van der Waals surface area contributed by atoms with Crippen LogP contribution in [0.1, 0.15) is 39.0 Å². The largest absolute Gasteiger partial charge is 0.359 e. The van der Waals surface area contributed by atoms with Crippen LogP contribution < -0.4 is 5.32 Å². The lowest BCUT2D eigenvalue weighted by atomic mass is 9.84. The van der Waals surface area contributed by atoms with Crippen LogP contribution in [0.25, 0.3) is 0 Å². The van der Waals surface area contributed by atoms with Gasteiger partial charge in [-0.1, -0.05) is 26.2 Å². The van der Waals surface area contributed by atoms with Gasteiger partial charge >= 0.3 is 5.00 Å². The number of hydrogen-bond donors (Lipinski definition) is 1. The fourth-order valence-corrected chi connectivity index (χ4v) is 3.09. The van der Waals surface area contributed by atoms with Gasteiger partial charge in [0, 0.05) is 6.04 Å². The first-order chi connectivity index (χ1) is 8.19. The number of thiazole rings is 1. The molecule has 6 heteroatoms. The smallest absolute Gasteiger partial charge is 0.345 e. The molecule has 2 atom stereocenters. The van der Waals surface area contributed by atoms with Crippen molar-refractivity contribution < 1.29 is 4.92 Å². The molecule has 1 aromatic heterocycles. The number of nitro groups is 1. The quantitative estimate of drug-likeness (QED) is 0.661. The minimum absolute atomic E-state index is 0.107. The van der Waals surface area contributed by atoms with Crippen LogP contribution >= 0.6 is 11.3 Å². The van der Waals surface area contributed by atoms with E-state index in [2.05, 4.69) is 17.2 Å². The lowest BCUT2D eigenvalue weighted by Gasteiger charge is -2.28. The highest BCUT2D eigenvalue weighted by atomic mass is 32.1. The Bertz CT molecular complexity index is 394. The predicted octanol–water partition coefficient (Wildman–Crippen LogP) is 3.43. The van der Waals surface area contributed by atoms with Crippen LogP contribution in [0.15, 0.2) is 6.20 Å². The van der Waals surface area contributed by atoms with Gasteiger partial charge in [0.15, 0.2) is 5.13 Å². The Hall–Kier alpha value is -1.17.